The summed E-state index contributed by atoms with van der Waals surface area (Å²) in [6.45, 7) is -2.80. The summed E-state index contributed by atoms with van der Waals surface area (Å²) in [6, 6.07) is 6.28. The minimum atomic E-state index is -3.19. The number of hydrogen-bond acceptors (Lipinski definition) is 7. The van der Waals surface area contributed by atoms with E-state index in [0.717, 1.165) is 12.1 Å². The van der Waals surface area contributed by atoms with Crippen molar-refractivity contribution in [3.63, 3.8) is 0 Å². The molecular formula is C27H22F3N5O5. The first-order chi connectivity index (χ1) is 19.2. The van der Waals surface area contributed by atoms with Crippen molar-refractivity contribution in [2.24, 2.45) is 46.3 Å². The van der Waals surface area contributed by atoms with Crippen LogP contribution in [0.2, 0.25) is 0 Å². The molecule has 9 rings (SSSR count). The maximum Gasteiger partial charge on any atom is 0.387 e. The number of rotatable bonds is 9. The molecule has 2 aromatic heterocycles. The minimum absolute atomic E-state index is 0.0409. The Bertz CT molecular complexity index is 1600. The van der Waals surface area contributed by atoms with E-state index in [9.17, 15) is 27.6 Å². The lowest BCUT2D eigenvalue weighted by atomic mass is 8.92. The van der Waals surface area contributed by atoms with Crippen molar-refractivity contribution in [3.8, 4) is 5.75 Å². The predicted molar refractivity (Wildman–Crippen MR) is 127 cm³/mol. The third kappa shape index (κ3) is 2.46. The number of alkyl halides is 2. The van der Waals surface area contributed by atoms with Gasteiger partial charge in [-0.1, -0.05) is 6.07 Å². The summed E-state index contributed by atoms with van der Waals surface area (Å²) in [5, 5.41) is 9.81. The fourth-order valence-corrected chi connectivity index (χ4v) is 9.32. The molecule has 1 aromatic carbocycles. The second-order valence-electron chi connectivity index (χ2n) is 11.3. The molecule has 0 unspecified atom stereocenters. The van der Waals surface area contributed by atoms with E-state index in [4.69, 9.17) is 4.74 Å². The zero-order valence-corrected chi connectivity index (χ0v) is 20.9. The highest BCUT2D eigenvalue weighted by Crippen LogP contribution is 3.10. The summed E-state index contributed by atoms with van der Waals surface area (Å²) in [5.41, 5.74) is 0.558. The Kier molecular flexibility index (Phi) is 4.46. The Morgan fingerprint density at radius 1 is 1.02 bits per heavy atom. The number of hydrogen-bond donors (Lipinski definition) is 2. The normalized spacial score (nSPS) is 34.4. The van der Waals surface area contributed by atoms with Crippen LogP contribution in [-0.2, 0) is 16.1 Å². The molecule has 0 bridgehead atoms. The number of benzene rings is 1. The van der Waals surface area contributed by atoms with E-state index < -0.39 is 30.0 Å². The van der Waals surface area contributed by atoms with E-state index in [1.54, 1.807) is 6.07 Å². The summed E-state index contributed by atoms with van der Waals surface area (Å²) in [5.74, 6) is -0.0843. The summed E-state index contributed by atoms with van der Waals surface area (Å²) >= 11 is 0. The van der Waals surface area contributed by atoms with Gasteiger partial charge in [0.05, 0.1) is 18.7 Å². The van der Waals surface area contributed by atoms with Crippen LogP contribution >= 0.6 is 0 Å². The van der Waals surface area contributed by atoms with Crippen molar-refractivity contribution in [3.05, 3.63) is 59.3 Å². The van der Waals surface area contributed by atoms with E-state index >= 15 is 0 Å². The van der Waals surface area contributed by atoms with Crippen molar-refractivity contribution in [1.29, 1.82) is 0 Å². The molecule has 0 atom stereocenters. The lowest BCUT2D eigenvalue weighted by molar-refractivity contribution is -0.641. The lowest BCUT2D eigenvalue weighted by Crippen LogP contribution is -3.11. The minimum Gasteiger partial charge on any atom is -0.469 e. The lowest BCUT2D eigenvalue weighted by Gasteiger charge is -3.10. The largest absolute Gasteiger partial charge is 0.469 e. The summed E-state index contributed by atoms with van der Waals surface area (Å²) in [6.07, 6.45) is 1.47. The Morgan fingerprint density at radius 2 is 1.75 bits per heavy atom. The smallest absolute Gasteiger partial charge is 0.387 e. The van der Waals surface area contributed by atoms with Crippen molar-refractivity contribution in [1.82, 2.24) is 25.2 Å². The molecule has 13 heteroatoms. The van der Waals surface area contributed by atoms with Crippen LogP contribution in [-0.4, -0.2) is 52.6 Å². The summed E-state index contributed by atoms with van der Waals surface area (Å²) in [7, 11) is 1.45. The van der Waals surface area contributed by atoms with Crippen molar-refractivity contribution in [2.75, 3.05) is 13.7 Å². The van der Waals surface area contributed by atoms with Gasteiger partial charge >= 0.3 is 12.6 Å². The van der Waals surface area contributed by atoms with Gasteiger partial charge in [0.15, 0.2) is 17.2 Å². The topological polar surface area (TPSA) is 124 Å². The molecule has 0 saturated heterocycles. The second kappa shape index (κ2) is 7.52. The maximum atomic E-state index is 13.7. The van der Waals surface area contributed by atoms with Crippen LogP contribution in [0.1, 0.15) is 26.5 Å². The average Bonchev–Trinajstić information content (AvgIpc) is 3.43. The van der Waals surface area contributed by atoms with Gasteiger partial charge in [-0.3, -0.25) is 14.4 Å². The monoisotopic (exact) mass is 553 g/mol. The van der Waals surface area contributed by atoms with E-state index in [2.05, 4.69) is 25.5 Å². The van der Waals surface area contributed by atoms with E-state index in [0.29, 0.717) is 53.3 Å². The predicted octanol–water partition coefficient (Wildman–Crippen LogP) is 2.04. The van der Waals surface area contributed by atoms with Gasteiger partial charge in [-0.25, -0.2) is 13.9 Å². The number of nitrogens with one attached hydrogen (secondary N) is 2. The van der Waals surface area contributed by atoms with Crippen molar-refractivity contribution >= 4 is 23.4 Å². The van der Waals surface area contributed by atoms with E-state index in [1.165, 1.54) is 30.0 Å². The molecule has 2 amide bonds. The van der Waals surface area contributed by atoms with Gasteiger partial charge in [0, 0.05) is 25.2 Å². The van der Waals surface area contributed by atoms with Crippen LogP contribution in [0.4, 0.5) is 13.2 Å². The van der Waals surface area contributed by atoms with Crippen molar-refractivity contribution < 1.29 is 37.0 Å². The first kappa shape index (κ1) is 23.7. The number of nitrogens with zero attached hydrogens (tertiary/aromatic N) is 3. The Balaban J connectivity index is 0.957. The number of carbonyl (C=O) groups is 3. The molecular weight excluding hydrogens is 531 g/mol. The fraction of sp³-hybridized carbons (Fsp3) is 0.444. The molecule has 0 radical (unpaired) electrons. The summed E-state index contributed by atoms with van der Waals surface area (Å²) in [4.78, 5) is 42.8. The number of aromatic nitrogens is 3. The Hall–Kier alpha value is -4.16. The first-order valence-corrected chi connectivity index (χ1v) is 13.0. The third-order valence-electron chi connectivity index (χ3n) is 10.4. The number of amides is 2. The fourth-order valence-electron chi connectivity index (χ4n) is 9.32. The zero-order chi connectivity index (χ0) is 27.7. The molecule has 3 aromatic rings. The molecule has 206 valence electrons. The van der Waals surface area contributed by atoms with Gasteiger partial charge < -0.3 is 20.1 Å². The molecule has 6 aliphatic rings. The van der Waals surface area contributed by atoms with Gasteiger partial charge in [-0.15, -0.1) is 0 Å². The highest BCUT2D eigenvalue weighted by molar-refractivity contribution is 5.98. The van der Waals surface area contributed by atoms with Crippen LogP contribution in [0, 0.1) is 52.2 Å². The number of fused-ring (bicyclic) bond motifs is 1. The Morgan fingerprint density at radius 3 is 2.42 bits per heavy atom. The van der Waals surface area contributed by atoms with Gasteiger partial charge in [0.25, 0.3) is 11.8 Å². The van der Waals surface area contributed by atoms with Crippen molar-refractivity contribution in [2.45, 2.75) is 13.2 Å². The van der Waals surface area contributed by atoms with Crippen LogP contribution in [0.5, 0.6) is 5.75 Å². The quantitative estimate of drug-likeness (QED) is 0.389. The van der Waals surface area contributed by atoms with Gasteiger partial charge in [-0.05, 0) is 58.6 Å². The number of ether oxygens (including phenoxy) is 2. The van der Waals surface area contributed by atoms with Gasteiger partial charge in [-0.2, -0.15) is 13.9 Å². The molecule has 6 aliphatic carbocycles. The highest BCUT2D eigenvalue weighted by Gasteiger charge is 3.11. The molecule has 2 N–H and O–H groups in total. The molecule has 0 aliphatic heterocycles. The molecule has 6 saturated carbocycles. The van der Waals surface area contributed by atoms with E-state index in [1.807, 2.05) is 0 Å². The third-order valence-corrected chi connectivity index (χ3v) is 10.4. The summed E-state index contributed by atoms with van der Waals surface area (Å²) < 4.78 is 49.3. The average molecular weight is 553 g/mol. The van der Waals surface area contributed by atoms with Gasteiger partial charge in [0.1, 0.15) is 11.4 Å². The molecule has 2 heterocycles. The maximum absolute atomic E-state index is 13.7. The van der Waals surface area contributed by atoms with Crippen LogP contribution in [0.3, 0.4) is 0 Å². The number of methoxy groups -OCH3 is 1. The van der Waals surface area contributed by atoms with Crippen LogP contribution < -0.4 is 15.4 Å². The number of carbonyl (C=O) groups excluding carboxylic acids is 3. The SMILES string of the molecule is COC(=O)C12C3C4C1C1C2C3C41CNC(=O)c1cc(C(=O)NCc2ccc(F)c(OC(F)F)c2)nc2ccnn12. The van der Waals surface area contributed by atoms with Gasteiger partial charge in [0.2, 0.25) is 0 Å². The Labute approximate surface area is 224 Å². The first-order valence-electron chi connectivity index (χ1n) is 13.0. The number of esters is 1. The highest BCUT2D eigenvalue weighted by atomic mass is 19.3. The zero-order valence-electron chi connectivity index (χ0n) is 20.9. The molecule has 40 heavy (non-hydrogen) atoms. The molecule has 6 fully saturated rings. The van der Waals surface area contributed by atoms with E-state index in [-0.39, 0.29) is 34.7 Å². The van der Waals surface area contributed by atoms with Crippen LogP contribution in [0.25, 0.3) is 5.65 Å². The molecule has 0 spiro atoms. The standard InChI is InChI=1S/C27H22F3N5O5/c1-39-24(38)27-19-16-20(27)18-21(27)17(19)26(16,18)9-32-23(37)13-7-12(34-15-4-5-33-35(13)15)22(36)31-8-10-2-3-11(28)14(6-10)40-25(29)30/h2-7,16-21,25H,8-9H2,1H3,(H,31,36)(H,32,37). The molecule has 10 nitrogen and oxygen atoms in total. The van der Waals surface area contributed by atoms with Crippen LogP contribution in [0.15, 0.2) is 36.5 Å². The second-order valence-corrected chi connectivity index (χ2v) is 11.3. The number of halogens is 3.